The third-order valence-electron chi connectivity index (χ3n) is 10.4. The number of hydrogen-bond acceptors (Lipinski definition) is 3. The molecular formula is C45H28N2O2. The Morgan fingerprint density at radius 1 is 0.408 bits per heavy atom. The lowest BCUT2D eigenvalue weighted by atomic mass is 9.62. The molecule has 0 bridgehead atoms. The van der Waals surface area contributed by atoms with Crippen LogP contribution in [0.15, 0.2) is 179 Å². The van der Waals surface area contributed by atoms with Gasteiger partial charge in [-0.05, 0) is 76.9 Å². The van der Waals surface area contributed by atoms with Crippen LogP contribution in [0.25, 0.3) is 38.1 Å². The molecule has 9 aromatic rings. The van der Waals surface area contributed by atoms with Gasteiger partial charge in [-0.25, -0.2) is 0 Å². The summed E-state index contributed by atoms with van der Waals surface area (Å²) in [5.41, 5.74) is 8.75. The van der Waals surface area contributed by atoms with Gasteiger partial charge in [0.25, 0.3) is 0 Å². The van der Waals surface area contributed by atoms with Gasteiger partial charge in [0.2, 0.25) is 0 Å². The van der Waals surface area contributed by atoms with E-state index in [1.54, 1.807) is 0 Å². The lowest BCUT2D eigenvalue weighted by Gasteiger charge is -2.46. The van der Waals surface area contributed by atoms with Gasteiger partial charge in [0, 0.05) is 27.2 Å². The first-order valence-corrected chi connectivity index (χ1v) is 16.5. The zero-order valence-electron chi connectivity index (χ0n) is 26.4. The number of para-hydroxylation sites is 4. The van der Waals surface area contributed by atoms with Gasteiger partial charge in [0.15, 0.2) is 10.9 Å². The monoisotopic (exact) mass is 628 g/mol. The Hall–Kier alpha value is -6.52. The molecule has 10 rings (SSSR count). The molecule has 0 spiro atoms. The smallest absolute Gasteiger partial charge is 0.197 e. The summed E-state index contributed by atoms with van der Waals surface area (Å²) in [6, 6.07) is 57.9. The molecule has 1 aliphatic rings. The number of benzene rings is 7. The summed E-state index contributed by atoms with van der Waals surface area (Å²) >= 11 is 0. The van der Waals surface area contributed by atoms with E-state index >= 15 is 0 Å². The van der Waals surface area contributed by atoms with Gasteiger partial charge >= 0.3 is 0 Å². The molecule has 0 saturated carbocycles. The van der Waals surface area contributed by atoms with Crippen LogP contribution in [-0.4, -0.2) is 4.40 Å². The molecule has 0 amide bonds. The summed E-state index contributed by atoms with van der Waals surface area (Å²) in [7, 11) is 0. The van der Waals surface area contributed by atoms with Crippen molar-refractivity contribution in [2.45, 2.75) is 5.41 Å². The molecule has 0 fully saturated rings. The lowest BCUT2D eigenvalue weighted by Crippen LogP contribution is -2.38. The third-order valence-corrected chi connectivity index (χ3v) is 10.4. The van der Waals surface area contributed by atoms with Gasteiger partial charge in [-0.15, -0.1) is 0 Å². The van der Waals surface area contributed by atoms with Crippen LogP contribution in [0.2, 0.25) is 0 Å². The SMILES string of the molecule is O=c1c2ccccc2n2c3cc4c(cc3c(=O)c3cccc1c32)N(c1ccccc1)c1ccccc1C4(c1ccccc1)c1ccccc1. The van der Waals surface area contributed by atoms with E-state index in [-0.39, 0.29) is 10.9 Å². The Kier molecular flexibility index (Phi) is 5.76. The molecule has 0 radical (unpaired) electrons. The average molecular weight is 629 g/mol. The van der Waals surface area contributed by atoms with E-state index in [2.05, 4.69) is 131 Å². The van der Waals surface area contributed by atoms with Gasteiger partial charge in [-0.1, -0.05) is 115 Å². The van der Waals surface area contributed by atoms with Crippen molar-refractivity contribution in [3.63, 3.8) is 0 Å². The van der Waals surface area contributed by atoms with E-state index in [4.69, 9.17) is 0 Å². The summed E-state index contributed by atoms with van der Waals surface area (Å²) in [6.07, 6.45) is 0. The van der Waals surface area contributed by atoms with Crippen LogP contribution in [0.1, 0.15) is 22.3 Å². The number of rotatable bonds is 3. The minimum atomic E-state index is -0.733. The van der Waals surface area contributed by atoms with Crippen LogP contribution >= 0.6 is 0 Å². The van der Waals surface area contributed by atoms with Crippen LogP contribution in [0, 0.1) is 0 Å². The molecule has 7 aromatic carbocycles. The molecule has 3 heterocycles. The quantitative estimate of drug-likeness (QED) is 0.145. The fourth-order valence-electron chi connectivity index (χ4n) is 8.38. The Balaban J connectivity index is 1.49. The summed E-state index contributed by atoms with van der Waals surface area (Å²) in [4.78, 5) is 30.8. The van der Waals surface area contributed by atoms with Crippen molar-refractivity contribution in [2.24, 2.45) is 0 Å². The minimum Gasteiger partial charge on any atom is -0.310 e. The summed E-state index contributed by atoms with van der Waals surface area (Å²) < 4.78 is 2.15. The second kappa shape index (κ2) is 10.2. The van der Waals surface area contributed by atoms with Crippen LogP contribution in [-0.2, 0) is 5.41 Å². The standard InChI is InChI=1S/C45H28N2O2/c48-43-32-21-10-12-25-38(32)47-40-28-37-41(27-35(40)44(49)34-23-14-22-33(43)42(34)47)46(31-19-8-3-9-20-31)39-26-13-11-24-36(39)45(37,29-15-4-1-5-16-29)30-17-6-2-7-18-30/h1-28H. The fraction of sp³-hybridized carbons (Fsp3) is 0.0222. The predicted molar refractivity (Wildman–Crippen MR) is 200 cm³/mol. The van der Waals surface area contributed by atoms with E-state index in [0.29, 0.717) is 27.1 Å². The maximum atomic E-state index is 14.7. The number of anilines is 3. The molecular weight excluding hydrogens is 601 g/mol. The highest BCUT2D eigenvalue weighted by Crippen LogP contribution is 2.58. The Labute approximate surface area is 281 Å². The first-order chi connectivity index (χ1) is 24.2. The van der Waals surface area contributed by atoms with Crippen molar-refractivity contribution in [2.75, 3.05) is 4.90 Å². The zero-order chi connectivity index (χ0) is 32.7. The van der Waals surface area contributed by atoms with Crippen molar-refractivity contribution in [1.82, 2.24) is 4.40 Å². The van der Waals surface area contributed by atoms with Gasteiger partial charge in [0.1, 0.15) is 0 Å². The topological polar surface area (TPSA) is 41.8 Å². The molecule has 0 aliphatic carbocycles. The van der Waals surface area contributed by atoms with E-state index in [0.717, 1.165) is 50.3 Å². The Morgan fingerprint density at radius 3 is 1.65 bits per heavy atom. The first-order valence-electron chi connectivity index (χ1n) is 16.5. The number of fused-ring (bicyclic) bond motifs is 6. The molecule has 1 aliphatic heterocycles. The molecule has 4 heteroatoms. The van der Waals surface area contributed by atoms with E-state index in [9.17, 15) is 9.59 Å². The van der Waals surface area contributed by atoms with Crippen molar-refractivity contribution < 1.29 is 0 Å². The fourth-order valence-corrected chi connectivity index (χ4v) is 8.38. The van der Waals surface area contributed by atoms with Crippen molar-refractivity contribution >= 4 is 55.2 Å². The summed E-state index contributed by atoms with van der Waals surface area (Å²) in [6.45, 7) is 0. The predicted octanol–water partition coefficient (Wildman–Crippen LogP) is 9.72. The molecule has 0 unspecified atom stereocenters. The maximum absolute atomic E-state index is 14.7. The number of nitrogens with zero attached hydrogens (tertiary/aromatic N) is 2. The molecule has 2 aromatic heterocycles. The van der Waals surface area contributed by atoms with Crippen molar-refractivity contribution in [3.05, 3.63) is 213 Å². The van der Waals surface area contributed by atoms with Gasteiger partial charge in [0.05, 0.1) is 33.3 Å². The van der Waals surface area contributed by atoms with Gasteiger partial charge in [-0.3, -0.25) is 9.59 Å². The second-order valence-electron chi connectivity index (χ2n) is 12.8. The number of pyridine rings is 2. The zero-order valence-corrected chi connectivity index (χ0v) is 26.4. The normalized spacial score (nSPS) is 13.6. The Bertz CT molecular complexity index is 2820. The lowest BCUT2D eigenvalue weighted by molar-refractivity contribution is 0.732. The van der Waals surface area contributed by atoms with E-state index in [1.807, 2.05) is 48.5 Å². The Morgan fingerprint density at radius 2 is 0.959 bits per heavy atom. The highest BCUT2D eigenvalue weighted by atomic mass is 16.1. The summed E-state index contributed by atoms with van der Waals surface area (Å²) in [5.74, 6) is 0. The van der Waals surface area contributed by atoms with Gasteiger partial charge < -0.3 is 9.30 Å². The van der Waals surface area contributed by atoms with E-state index in [1.165, 1.54) is 0 Å². The van der Waals surface area contributed by atoms with Crippen LogP contribution in [0.3, 0.4) is 0 Å². The summed E-state index contributed by atoms with van der Waals surface area (Å²) in [5, 5.41) is 2.30. The van der Waals surface area contributed by atoms with Crippen LogP contribution < -0.4 is 15.8 Å². The van der Waals surface area contributed by atoms with Crippen molar-refractivity contribution in [3.8, 4) is 0 Å². The maximum Gasteiger partial charge on any atom is 0.197 e. The number of aromatic nitrogens is 1. The molecule has 4 nitrogen and oxygen atoms in total. The second-order valence-corrected chi connectivity index (χ2v) is 12.8. The third kappa shape index (κ3) is 3.63. The first kappa shape index (κ1) is 27.6. The largest absolute Gasteiger partial charge is 0.310 e. The molecule has 230 valence electrons. The minimum absolute atomic E-state index is 0.0648. The molecule has 0 N–H and O–H groups in total. The molecule has 0 saturated heterocycles. The van der Waals surface area contributed by atoms with Gasteiger partial charge in [-0.2, -0.15) is 0 Å². The van der Waals surface area contributed by atoms with E-state index < -0.39 is 5.41 Å². The van der Waals surface area contributed by atoms with Crippen molar-refractivity contribution in [1.29, 1.82) is 0 Å². The highest BCUT2D eigenvalue weighted by molar-refractivity contribution is 6.09. The van der Waals surface area contributed by atoms with Crippen LogP contribution in [0.4, 0.5) is 17.1 Å². The number of hydrogen-bond donors (Lipinski definition) is 0. The molecule has 49 heavy (non-hydrogen) atoms. The molecule has 0 atom stereocenters. The highest BCUT2D eigenvalue weighted by Gasteiger charge is 2.46. The average Bonchev–Trinajstić information content (AvgIpc) is 3.17. The van der Waals surface area contributed by atoms with Crippen LogP contribution in [0.5, 0.6) is 0 Å².